The third-order valence-electron chi connectivity index (χ3n) is 2.63. The van der Waals surface area contributed by atoms with E-state index in [-0.39, 0.29) is 0 Å². The van der Waals surface area contributed by atoms with Gasteiger partial charge in [0.2, 0.25) is 0 Å². The van der Waals surface area contributed by atoms with E-state index in [1.807, 2.05) is 18.2 Å². The summed E-state index contributed by atoms with van der Waals surface area (Å²) in [7, 11) is 0. The first-order valence-corrected chi connectivity index (χ1v) is 6.18. The van der Waals surface area contributed by atoms with Crippen LogP contribution in [0.5, 0.6) is 5.75 Å². The zero-order valence-electron chi connectivity index (χ0n) is 8.51. The number of benzene rings is 1. The maximum Gasteiger partial charge on any atom is 0.137 e. The van der Waals surface area contributed by atoms with Crippen LogP contribution in [0.15, 0.2) is 18.2 Å². The van der Waals surface area contributed by atoms with Gasteiger partial charge < -0.3 is 4.74 Å². The van der Waals surface area contributed by atoms with E-state index in [9.17, 15) is 0 Å². The molecule has 2 rings (SSSR count). The molecule has 1 nitrogen and oxygen atoms in total. The lowest BCUT2D eigenvalue weighted by atomic mass is 10.2. The van der Waals surface area contributed by atoms with Gasteiger partial charge in [-0.3, -0.25) is 0 Å². The molecule has 82 valence electrons. The fourth-order valence-electron chi connectivity index (χ4n) is 1.49. The van der Waals surface area contributed by atoms with Crippen LogP contribution >= 0.6 is 23.2 Å². The largest absolute Gasteiger partial charge is 0.492 e. The first kappa shape index (κ1) is 11.1. The average molecular weight is 245 g/mol. The molecule has 0 radical (unpaired) electrons. The van der Waals surface area contributed by atoms with E-state index < -0.39 is 0 Å². The second-order valence-corrected chi connectivity index (χ2v) is 4.65. The molecule has 1 saturated carbocycles. The van der Waals surface area contributed by atoms with Crippen LogP contribution < -0.4 is 4.74 Å². The number of ether oxygens (including phenoxy) is 1. The minimum Gasteiger partial charge on any atom is -0.492 e. The second kappa shape index (κ2) is 5.09. The summed E-state index contributed by atoms with van der Waals surface area (Å²) in [4.78, 5) is 0. The van der Waals surface area contributed by atoms with E-state index in [1.165, 1.54) is 12.8 Å². The fraction of sp³-hybridized carbons (Fsp3) is 0.500. The van der Waals surface area contributed by atoms with Gasteiger partial charge in [-0.15, -0.1) is 11.6 Å². The van der Waals surface area contributed by atoms with E-state index >= 15 is 0 Å². The highest BCUT2D eigenvalue weighted by molar-refractivity contribution is 6.32. The van der Waals surface area contributed by atoms with Gasteiger partial charge in [-0.2, -0.15) is 0 Å². The number of rotatable bonds is 5. The average Bonchev–Trinajstić information content (AvgIpc) is 3.04. The predicted molar refractivity (Wildman–Crippen MR) is 63.8 cm³/mol. The molecule has 0 aromatic heterocycles. The standard InChI is InChI=1S/C12H14Cl2O/c13-8-10-3-4-12(11(14)7-10)15-6-5-9-1-2-9/h3-4,7,9H,1-2,5-6,8H2. The van der Waals surface area contributed by atoms with Gasteiger partial charge in [0, 0.05) is 5.88 Å². The zero-order valence-corrected chi connectivity index (χ0v) is 10.0. The first-order chi connectivity index (χ1) is 7.29. The molecule has 15 heavy (non-hydrogen) atoms. The van der Waals surface area contributed by atoms with Crippen LogP contribution in [0.1, 0.15) is 24.8 Å². The van der Waals surface area contributed by atoms with E-state index in [4.69, 9.17) is 27.9 Å². The Morgan fingerprint density at radius 2 is 2.13 bits per heavy atom. The van der Waals surface area contributed by atoms with Gasteiger partial charge in [0.25, 0.3) is 0 Å². The van der Waals surface area contributed by atoms with Gasteiger partial charge in [0.1, 0.15) is 5.75 Å². The van der Waals surface area contributed by atoms with Gasteiger partial charge >= 0.3 is 0 Å². The molecule has 1 fully saturated rings. The molecule has 1 aliphatic rings. The summed E-state index contributed by atoms with van der Waals surface area (Å²) in [6.07, 6.45) is 3.87. The summed E-state index contributed by atoms with van der Waals surface area (Å²) in [5, 5.41) is 0.656. The van der Waals surface area contributed by atoms with E-state index in [0.717, 1.165) is 30.3 Å². The molecule has 1 aromatic carbocycles. The lowest BCUT2D eigenvalue weighted by Gasteiger charge is -2.08. The fourth-order valence-corrected chi connectivity index (χ4v) is 1.91. The summed E-state index contributed by atoms with van der Waals surface area (Å²) >= 11 is 11.8. The first-order valence-electron chi connectivity index (χ1n) is 5.27. The molecule has 0 unspecified atom stereocenters. The van der Waals surface area contributed by atoms with Crippen molar-refractivity contribution in [3.8, 4) is 5.75 Å². The zero-order chi connectivity index (χ0) is 10.7. The van der Waals surface area contributed by atoms with Crippen molar-refractivity contribution < 1.29 is 4.74 Å². The van der Waals surface area contributed by atoms with Gasteiger partial charge in [0.15, 0.2) is 0 Å². The highest BCUT2D eigenvalue weighted by atomic mass is 35.5. The Labute approximate surface area is 100 Å². The monoisotopic (exact) mass is 244 g/mol. The van der Waals surface area contributed by atoms with Crippen molar-refractivity contribution in [3.63, 3.8) is 0 Å². The summed E-state index contributed by atoms with van der Waals surface area (Å²) in [5.41, 5.74) is 1.02. The van der Waals surface area contributed by atoms with E-state index in [2.05, 4.69) is 0 Å². The molecule has 0 spiro atoms. The Morgan fingerprint density at radius 3 is 2.73 bits per heavy atom. The molecule has 0 heterocycles. The molecule has 0 bridgehead atoms. The maximum absolute atomic E-state index is 6.06. The Morgan fingerprint density at radius 1 is 1.33 bits per heavy atom. The Hall–Kier alpha value is -0.400. The van der Waals surface area contributed by atoms with Crippen LogP contribution in [0.3, 0.4) is 0 Å². The number of halogens is 2. The Bertz CT molecular complexity index is 334. The minimum atomic E-state index is 0.488. The van der Waals surface area contributed by atoms with Crippen molar-refractivity contribution in [2.45, 2.75) is 25.1 Å². The molecule has 0 aliphatic heterocycles. The van der Waals surface area contributed by atoms with Crippen LogP contribution in [0.2, 0.25) is 5.02 Å². The van der Waals surface area contributed by atoms with Gasteiger partial charge in [-0.1, -0.05) is 30.5 Å². The maximum atomic E-state index is 6.06. The normalized spacial score (nSPS) is 15.3. The molecule has 0 atom stereocenters. The highest BCUT2D eigenvalue weighted by Gasteiger charge is 2.20. The summed E-state index contributed by atoms with van der Waals surface area (Å²) in [5.74, 6) is 2.15. The molecule has 0 N–H and O–H groups in total. The number of hydrogen-bond donors (Lipinski definition) is 0. The van der Waals surface area contributed by atoms with Crippen LogP contribution in [0.25, 0.3) is 0 Å². The number of hydrogen-bond acceptors (Lipinski definition) is 1. The van der Waals surface area contributed by atoms with Crippen molar-refractivity contribution in [3.05, 3.63) is 28.8 Å². The van der Waals surface area contributed by atoms with E-state index in [0.29, 0.717) is 10.9 Å². The minimum absolute atomic E-state index is 0.488. The van der Waals surface area contributed by atoms with Gasteiger partial charge in [-0.25, -0.2) is 0 Å². The van der Waals surface area contributed by atoms with Crippen molar-refractivity contribution >= 4 is 23.2 Å². The smallest absolute Gasteiger partial charge is 0.137 e. The Kier molecular flexibility index (Phi) is 3.76. The molecule has 1 aromatic rings. The SMILES string of the molecule is ClCc1ccc(OCCC2CC2)c(Cl)c1. The molecular formula is C12H14Cl2O. The van der Waals surface area contributed by atoms with Crippen LogP contribution in [-0.2, 0) is 5.88 Å². The van der Waals surface area contributed by atoms with Crippen molar-refractivity contribution in [2.24, 2.45) is 5.92 Å². The lowest BCUT2D eigenvalue weighted by Crippen LogP contribution is -1.98. The summed E-state index contributed by atoms with van der Waals surface area (Å²) in [6.45, 7) is 0.768. The summed E-state index contributed by atoms with van der Waals surface area (Å²) in [6, 6.07) is 5.71. The molecule has 0 amide bonds. The molecule has 3 heteroatoms. The van der Waals surface area contributed by atoms with Gasteiger partial charge in [0.05, 0.1) is 11.6 Å². The number of alkyl halides is 1. The topological polar surface area (TPSA) is 9.23 Å². The lowest BCUT2D eigenvalue weighted by molar-refractivity contribution is 0.302. The molecular weight excluding hydrogens is 231 g/mol. The van der Waals surface area contributed by atoms with Crippen molar-refractivity contribution in [2.75, 3.05) is 6.61 Å². The van der Waals surface area contributed by atoms with Crippen LogP contribution in [-0.4, -0.2) is 6.61 Å². The van der Waals surface area contributed by atoms with Crippen LogP contribution in [0, 0.1) is 5.92 Å². The quantitative estimate of drug-likeness (QED) is 0.704. The third kappa shape index (κ3) is 3.29. The molecule has 1 aliphatic carbocycles. The Balaban J connectivity index is 1.88. The molecule has 0 saturated heterocycles. The summed E-state index contributed by atoms with van der Waals surface area (Å²) < 4.78 is 5.61. The van der Waals surface area contributed by atoms with Crippen LogP contribution in [0.4, 0.5) is 0 Å². The van der Waals surface area contributed by atoms with Crippen molar-refractivity contribution in [1.29, 1.82) is 0 Å². The third-order valence-corrected chi connectivity index (χ3v) is 3.24. The van der Waals surface area contributed by atoms with Crippen molar-refractivity contribution in [1.82, 2.24) is 0 Å². The van der Waals surface area contributed by atoms with Gasteiger partial charge in [-0.05, 0) is 30.0 Å². The predicted octanol–water partition coefficient (Wildman–Crippen LogP) is 4.26. The van der Waals surface area contributed by atoms with E-state index in [1.54, 1.807) is 0 Å². The highest BCUT2D eigenvalue weighted by Crippen LogP contribution is 2.33. The second-order valence-electron chi connectivity index (χ2n) is 3.98.